The average molecular weight is 341 g/mol. The third-order valence-electron chi connectivity index (χ3n) is 4.38. The molecule has 1 fully saturated rings. The van der Waals surface area contributed by atoms with Crippen molar-refractivity contribution >= 4 is 11.8 Å². The Kier molecular flexibility index (Phi) is 4.79. The third kappa shape index (κ3) is 3.68. The molecule has 1 aliphatic rings. The summed E-state index contributed by atoms with van der Waals surface area (Å²) in [5.74, 6) is -0.317. The number of nitrogens with two attached hydrogens (primary N) is 2. The second kappa shape index (κ2) is 7.01. The summed E-state index contributed by atoms with van der Waals surface area (Å²) in [7, 11) is 2.08. The molecule has 130 valence electrons. The number of aromatic nitrogens is 2. The molecule has 1 aromatic heterocycles. The van der Waals surface area contributed by atoms with Crippen LogP contribution in [0.25, 0.3) is 11.3 Å². The highest BCUT2D eigenvalue weighted by molar-refractivity contribution is 5.75. The van der Waals surface area contributed by atoms with E-state index in [0.717, 1.165) is 31.7 Å². The molecule has 1 aromatic carbocycles. The summed E-state index contributed by atoms with van der Waals surface area (Å²) < 4.78 is 13.8. The van der Waals surface area contributed by atoms with Gasteiger partial charge in [0.15, 0.2) is 0 Å². The molecule has 0 spiro atoms. The Morgan fingerprint density at radius 3 is 2.60 bits per heavy atom. The maximum Gasteiger partial charge on any atom is 0.222 e. The molecule has 0 radical (unpaired) electrons. The standard InChI is InChI=1S/C17H20FN7/c1-24-4-6-25(7-5-24)10-11-8-12(18)2-3-13(11)15-14(9-19)16(20)23-17(21)22-15/h2-3,8H,4-7,10H2,1H3,(H4,20,21,22,23). The Labute approximate surface area is 145 Å². The molecule has 4 N–H and O–H groups in total. The maximum absolute atomic E-state index is 13.8. The van der Waals surface area contributed by atoms with Gasteiger partial charge in [-0.3, -0.25) is 4.90 Å². The van der Waals surface area contributed by atoms with Gasteiger partial charge in [0.05, 0.1) is 5.69 Å². The van der Waals surface area contributed by atoms with Gasteiger partial charge < -0.3 is 16.4 Å². The van der Waals surface area contributed by atoms with Crippen LogP contribution in [-0.2, 0) is 6.54 Å². The topological polar surface area (TPSA) is 108 Å². The van der Waals surface area contributed by atoms with E-state index < -0.39 is 0 Å². The summed E-state index contributed by atoms with van der Waals surface area (Å²) in [6.07, 6.45) is 0. The van der Waals surface area contributed by atoms with Crippen LogP contribution in [0.2, 0.25) is 0 Å². The fraction of sp³-hybridized carbons (Fsp3) is 0.353. The number of nitrogen functional groups attached to an aromatic ring is 2. The zero-order valence-electron chi connectivity index (χ0n) is 14.0. The number of nitriles is 1. The highest BCUT2D eigenvalue weighted by Gasteiger charge is 2.20. The number of piperazine rings is 1. The molecule has 0 aliphatic carbocycles. The molecule has 7 nitrogen and oxygen atoms in total. The van der Waals surface area contributed by atoms with Gasteiger partial charge >= 0.3 is 0 Å². The van der Waals surface area contributed by atoms with E-state index in [-0.39, 0.29) is 23.1 Å². The van der Waals surface area contributed by atoms with Gasteiger partial charge in [-0.15, -0.1) is 0 Å². The average Bonchev–Trinajstić information content (AvgIpc) is 2.56. The van der Waals surface area contributed by atoms with Crippen molar-refractivity contribution in [2.24, 2.45) is 0 Å². The van der Waals surface area contributed by atoms with Crippen LogP contribution in [0.3, 0.4) is 0 Å². The molecule has 25 heavy (non-hydrogen) atoms. The van der Waals surface area contributed by atoms with E-state index in [1.165, 1.54) is 12.1 Å². The van der Waals surface area contributed by atoms with Crippen molar-refractivity contribution in [3.63, 3.8) is 0 Å². The van der Waals surface area contributed by atoms with Crippen LogP contribution in [0.1, 0.15) is 11.1 Å². The minimum absolute atomic E-state index is 0.0126. The Morgan fingerprint density at radius 1 is 1.20 bits per heavy atom. The second-order valence-electron chi connectivity index (χ2n) is 6.18. The van der Waals surface area contributed by atoms with E-state index in [4.69, 9.17) is 11.5 Å². The number of likely N-dealkylation sites (N-methyl/N-ethyl adjacent to an activating group) is 1. The van der Waals surface area contributed by atoms with Gasteiger partial charge in [-0.2, -0.15) is 10.2 Å². The first-order chi connectivity index (χ1) is 12.0. The van der Waals surface area contributed by atoms with Crippen LogP contribution in [-0.4, -0.2) is 53.0 Å². The summed E-state index contributed by atoms with van der Waals surface area (Å²) in [6, 6.07) is 6.46. The van der Waals surface area contributed by atoms with E-state index in [1.807, 2.05) is 6.07 Å². The van der Waals surface area contributed by atoms with Gasteiger partial charge in [0.1, 0.15) is 23.3 Å². The fourth-order valence-electron chi connectivity index (χ4n) is 2.97. The maximum atomic E-state index is 13.8. The van der Waals surface area contributed by atoms with Gasteiger partial charge in [0.25, 0.3) is 0 Å². The highest BCUT2D eigenvalue weighted by atomic mass is 19.1. The van der Waals surface area contributed by atoms with E-state index >= 15 is 0 Å². The Bertz CT molecular complexity index is 822. The predicted molar refractivity (Wildman–Crippen MR) is 93.7 cm³/mol. The lowest BCUT2D eigenvalue weighted by Gasteiger charge is -2.32. The predicted octanol–water partition coefficient (Wildman–Crippen LogP) is 1.07. The van der Waals surface area contributed by atoms with Crippen LogP contribution >= 0.6 is 0 Å². The molecular formula is C17H20FN7. The minimum atomic E-state index is -0.332. The number of benzene rings is 1. The van der Waals surface area contributed by atoms with Crippen molar-refractivity contribution in [2.45, 2.75) is 6.54 Å². The summed E-state index contributed by atoms with van der Waals surface area (Å²) >= 11 is 0. The highest BCUT2D eigenvalue weighted by Crippen LogP contribution is 2.29. The molecule has 1 aliphatic heterocycles. The van der Waals surface area contributed by atoms with Crippen LogP contribution in [0.15, 0.2) is 18.2 Å². The molecule has 1 saturated heterocycles. The molecule has 8 heteroatoms. The van der Waals surface area contributed by atoms with Gasteiger partial charge in [-0.25, -0.2) is 9.37 Å². The third-order valence-corrected chi connectivity index (χ3v) is 4.38. The van der Waals surface area contributed by atoms with Crippen molar-refractivity contribution < 1.29 is 4.39 Å². The first kappa shape index (κ1) is 17.1. The zero-order chi connectivity index (χ0) is 18.0. The quantitative estimate of drug-likeness (QED) is 0.859. The van der Waals surface area contributed by atoms with Crippen molar-refractivity contribution in [2.75, 3.05) is 44.7 Å². The minimum Gasteiger partial charge on any atom is -0.382 e. The van der Waals surface area contributed by atoms with E-state index in [1.54, 1.807) is 6.07 Å². The fourth-order valence-corrected chi connectivity index (χ4v) is 2.97. The lowest BCUT2D eigenvalue weighted by molar-refractivity contribution is 0.148. The molecule has 0 unspecified atom stereocenters. The van der Waals surface area contributed by atoms with Crippen LogP contribution in [0.5, 0.6) is 0 Å². The molecule has 0 amide bonds. The van der Waals surface area contributed by atoms with Crippen molar-refractivity contribution in [1.82, 2.24) is 19.8 Å². The molecule has 0 bridgehead atoms. The van der Waals surface area contributed by atoms with Gasteiger partial charge in [0, 0.05) is 38.3 Å². The van der Waals surface area contributed by atoms with Gasteiger partial charge in [-0.1, -0.05) is 0 Å². The van der Waals surface area contributed by atoms with Crippen LogP contribution in [0.4, 0.5) is 16.2 Å². The Morgan fingerprint density at radius 2 is 1.92 bits per heavy atom. The van der Waals surface area contributed by atoms with Gasteiger partial charge in [-0.05, 0) is 30.8 Å². The van der Waals surface area contributed by atoms with E-state index in [9.17, 15) is 9.65 Å². The molecule has 0 atom stereocenters. The number of rotatable bonds is 3. The number of hydrogen-bond acceptors (Lipinski definition) is 7. The zero-order valence-corrected chi connectivity index (χ0v) is 14.0. The number of hydrogen-bond donors (Lipinski definition) is 2. The van der Waals surface area contributed by atoms with Crippen molar-refractivity contribution in [3.05, 3.63) is 35.1 Å². The first-order valence-electron chi connectivity index (χ1n) is 8.00. The monoisotopic (exact) mass is 341 g/mol. The lowest BCUT2D eigenvalue weighted by Crippen LogP contribution is -2.43. The Hall–Kier alpha value is -2.76. The molecule has 2 aromatic rings. The number of nitrogens with zero attached hydrogens (tertiary/aromatic N) is 5. The molecular weight excluding hydrogens is 321 g/mol. The lowest BCUT2D eigenvalue weighted by atomic mass is 10.00. The van der Waals surface area contributed by atoms with E-state index in [0.29, 0.717) is 17.8 Å². The van der Waals surface area contributed by atoms with Crippen molar-refractivity contribution in [1.29, 1.82) is 5.26 Å². The largest absolute Gasteiger partial charge is 0.382 e. The normalized spacial score (nSPS) is 15.9. The number of halogens is 1. The smallest absolute Gasteiger partial charge is 0.222 e. The summed E-state index contributed by atoms with van der Waals surface area (Å²) in [6.45, 7) is 4.27. The summed E-state index contributed by atoms with van der Waals surface area (Å²) in [5, 5.41) is 9.41. The Balaban J connectivity index is 2.02. The second-order valence-corrected chi connectivity index (χ2v) is 6.18. The molecule has 0 saturated carbocycles. The van der Waals surface area contributed by atoms with Crippen LogP contribution < -0.4 is 11.5 Å². The van der Waals surface area contributed by atoms with Crippen molar-refractivity contribution in [3.8, 4) is 17.3 Å². The van der Waals surface area contributed by atoms with E-state index in [2.05, 4.69) is 26.8 Å². The van der Waals surface area contributed by atoms with Crippen LogP contribution in [0, 0.1) is 17.1 Å². The first-order valence-corrected chi connectivity index (χ1v) is 8.00. The summed E-state index contributed by atoms with van der Waals surface area (Å²) in [4.78, 5) is 12.5. The van der Waals surface area contributed by atoms with Gasteiger partial charge in [0.2, 0.25) is 5.95 Å². The molecule has 3 rings (SSSR count). The SMILES string of the molecule is CN1CCN(Cc2cc(F)ccc2-c2nc(N)nc(N)c2C#N)CC1. The number of anilines is 2. The summed E-state index contributed by atoms with van der Waals surface area (Å²) in [5.41, 5.74) is 13.4. The molecule has 2 heterocycles.